The third-order valence-electron chi connectivity index (χ3n) is 6.33. The minimum Gasteiger partial charge on any atom is -0.497 e. The molecule has 40 heavy (non-hydrogen) atoms. The van der Waals surface area contributed by atoms with Gasteiger partial charge in [0.05, 0.1) is 31.5 Å². The second kappa shape index (κ2) is 11.6. The summed E-state index contributed by atoms with van der Waals surface area (Å²) in [5, 5.41) is 8.09. The highest BCUT2D eigenvalue weighted by Crippen LogP contribution is 2.37. The molecule has 3 amide bonds. The van der Waals surface area contributed by atoms with Crippen molar-refractivity contribution in [3.8, 4) is 11.5 Å². The number of hydrogen-bond acceptors (Lipinski definition) is 5. The number of amides is 3. The number of methoxy groups -OCH3 is 2. The summed E-state index contributed by atoms with van der Waals surface area (Å²) < 4.78 is 64.0. The average molecular weight is 559 g/mol. The van der Waals surface area contributed by atoms with Crippen molar-refractivity contribution in [3.63, 3.8) is 0 Å². The van der Waals surface area contributed by atoms with Crippen LogP contribution in [0.5, 0.6) is 11.5 Å². The Bertz CT molecular complexity index is 1430. The van der Waals surface area contributed by atoms with Crippen molar-refractivity contribution in [1.29, 1.82) is 0 Å². The first-order valence-corrected chi connectivity index (χ1v) is 12.1. The molecule has 0 fully saturated rings. The Morgan fingerprint density at radius 3 is 2.38 bits per heavy atom. The zero-order valence-corrected chi connectivity index (χ0v) is 21.8. The Hall–Kier alpha value is -4.61. The van der Waals surface area contributed by atoms with Crippen LogP contribution in [0.4, 0.5) is 28.0 Å². The van der Waals surface area contributed by atoms with Crippen molar-refractivity contribution >= 4 is 23.3 Å². The summed E-state index contributed by atoms with van der Waals surface area (Å²) in [6, 6.07) is 13.5. The van der Waals surface area contributed by atoms with Crippen LogP contribution >= 0.6 is 0 Å². The standard InChI is InChI=1S/C28H26F4N4O4/c1-35(27(38)33-18-10-8-17(9-11-18)28(30,31)32)16-26(37)36-24(20-6-4-5-7-22(20)29)15-23(34-36)21-13-12-19(39-2)14-25(21)40-3/h4-14,24H,15-16H2,1-3H3,(H,33,38)/t24-/m1/s1. The smallest absolute Gasteiger partial charge is 0.416 e. The molecule has 1 aliphatic rings. The molecule has 1 aliphatic heterocycles. The fourth-order valence-electron chi connectivity index (χ4n) is 4.24. The number of nitrogens with one attached hydrogen (secondary N) is 1. The molecule has 3 aromatic rings. The summed E-state index contributed by atoms with van der Waals surface area (Å²) >= 11 is 0. The summed E-state index contributed by atoms with van der Waals surface area (Å²) in [4.78, 5) is 27.1. The molecular weight excluding hydrogens is 532 g/mol. The Morgan fingerprint density at radius 1 is 1.05 bits per heavy atom. The van der Waals surface area contributed by atoms with Gasteiger partial charge in [0.25, 0.3) is 5.91 Å². The van der Waals surface area contributed by atoms with Crippen molar-refractivity contribution in [1.82, 2.24) is 9.91 Å². The van der Waals surface area contributed by atoms with Gasteiger partial charge in [-0.25, -0.2) is 14.2 Å². The third-order valence-corrected chi connectivity index (χ3v) is 6.33. The first kappa shape index (κ1) is 28.4. The van der Waals surface area contributed by atoms with Gasteiger partial charge in [-0.3, -0.25) is 4.79 Å². The molecule has 0 saturated carbocycles. The van der Waals surface area contributed by atoms with Crippen LogP contribution in [0, 0.1) is 5.82 Å². The summed E-state index contributed by atoms with van der Waals surface area (Å²) in [5.41, 5.74) is 0.573. The molecule has 210 valence electrons. The van der Waals surface area contributed by atoms with Crippen molar-refractivity contribution < 1.29 is 36.6 Å². The monoisotopic (exact) mass is 558 g/mol. The van der Waals surface area contributed by atoms with Crippen molar-refractivity contribution in [2.45, 2.75) is 18.6 Å². The lowest BCUT2D eigenvalue weighted by molar-refractivity contribution is -0.137. The van der Waals surface area contributed by atoms with E-state index in [9.17, 15) is 27.2 Å². The van der Waals surface area contributed by atoms with Crippen molar-refractivity contribution in [2.75, 3.05) is 33.1 Å². The maximum absolute atomic E-state index is 14.8. The van der Waals surface area contributed by atoms with Crippen LogP contribution in [-0.4, -0.2) is 55.4 Å². The van der Waals surface area contributed by atoms with E-state index in [1.54, 1.807) is 30.3 Å². The van der Waals surface area contributed by atoms with Crippen LogP contribution in [0.25, 0.3) is 0 Å². The van der Waals surface area contributed by atoms with Gasteiger partial charge in [0, 0.05) is 36.3 Å². The van der Waals surface area contributed by atoms with Crippen LogP contribution in [0.1, 0.15) is 29.2 Å². The number of halogens is 4. The summed E-state index contributed by atoms with van der Waals surface area (Å²) in [6.45, 7) is -0.437. The molecule has 0 radical (unpaired) electrons. The van der Waals surface area contributed by atoms with E-state index >= 15 is 0 Å². The molecule has 0 aromatic heterocycles. The number of hydrogen-bond donors (Lipinski definition) is 1. The van der Waals surface area contributed by atoms with Gasteiger partial charge in [-0.1, -0.05) is 18.2 Å². The Balaban J connectivity index is 1.55. The molecular formula is C28H26F4N4O4. The number of rotatable bonds is 7. The number of urea groups is 1. The van der Waals surface area contributed by atoms with Gasteiger partial charge in [-0.15, -0.1) is 0 Å². The van der Waals surface area contributed by atoms with E-state index in [4.69, 9.17) is 9.47 Å². The number of alkyl halides is 3. The van der Waals surface area contributed by atoms with Gasteiger partial charge in [0.1, 0.15) is 23.9 Å². The highest BCUT2D eigenvalue weighted by Gasteiger charge is 2.36. The molecule has 1 heterocycles. The van der Waals surface area contributed by atoms with Crippen LogP contribution < -0.4 is 14.8 Å². The Kier molecular flexibility index (Phi) is 8.26. The average Bonchev–Trinajstić information content (AvgIpc) is 3.37. The van der Waals surface area contributed by atoms with E-state index in [-0.39, 0.29) is 17.7 Å². The highest BCUT2D eigenvalue weighted by molar-refractivity contribution is 6.05. The number of ether oxygens (including phenoxy) is 2. The number of carbonyl (C=O) groups is 2. The molecule has 0 bridgehead atoms. The quantitative estimate of drug-likeness (QED) is 0.377. The fourth-order valence-corrected chi connectivity index (χ4v) is 4.24. The summed E-state index contributed by atoms with van der Waals surface area (Å²) in [7, 11) is 4.35. The Morgan fingerprint density at radius 2 is 1.75 bits per heavy atom. The molecule has 4 rings (SSSR count). The molecule has 0 spiro atoms. The zero-order chi connectivity index (χ0) is 29.0. The van der Waals surface area contributed by atoms with Crippen LogP contribution in [0.2, 0.25) is 0 Å². The second-order valence-corrected chi connectivity index (χ2v) is 8.95. The third kappa shape index (κ3) is 6.16. The van der Waals surface area contributed by atoms with Crippen LogP contribution in [-0.2, 0) is 11.0 Å². The van der Waals surface area contributed by atoms with Gasteiger partial charge < -0.3 is 19.7 Å². The van der Waals surface area contributed by atoms with E-state index in [0.717, 1.165) is 34.2 Å². The second-order valence-electron chi connectivity index (χ2n) is 8.95. The molecule has 0 unspecified atom stereocenters. The SMILES string of the molecule is COc1ccc(C2=NN(C(=O)CN(C)C(=O)Nc3ccc(C(F)(F)F)cc3)[C@@H](c3ccccc3F)C2)c(OC)c1. The van der Waals surface area contributed by atoms with Gasteiger partial charge in [-0.2, -0.15) is 18.3 Å². The maximum atomic E-state index is 14.8. The number of benzene rings is 3. The number of likely N-dealkylation sites (N-methyl/N-ethyl adjacent to an activating group) is 1. The fraction of sp³-hybridized carbons (Fsp3) is 0.250. The molecule has 0 saturated heterocycles. The van der Waals surface area contributed by atoms with Crippen molar-refractivity contribution in [3.05, 3.63) is 89.2 Å². The van der Waals surface area contributed by atoms with Crippen LogP contribution in [0.3, 0.4) is 0 Å². The minimum atomic E-state index is -4.51. The van der Waals surface area contributed by atoms with E-state index in [2.05, 4.69) is 10.4 Å². The first-order valence-electron chi connectivity index (χ1n) is 12.1. The van der Waals surface area contributed by atoms with Gasteiger partial charge in [0.2, 0.25) is 0 Å². The number of carbonyl (C=O) groups excluding carboxylic acids is 2. The molecule has 3 aromatic carbocycles. The zero-order valence-electron chi connectivity index (χ0n) is 21.8. The van der Waals surface area contributed by atoms with E-state index < -0.39 is 42.1 Å². The lowest BCUT2D eigenvalue weighted by Gasteiger charge is -2.25. The van der Waals surface area contributed by atoms with Gasteiger partial charge >= 0.3 is 12.2 Å². The lowest BCUT2D eigenvalue weighted by Crippen LogP contribution is -2.41. The molecule has 1 atom stereocenters. The number of nitrogens with zero attached hydrogens (tertiary/aromatic N) is 3. The molecule has 8 nitrogen and oxygen atoms in total. The Labute approximate surface area is 227 Å². The van der Waals surface area contributed by atoms with E-state index in [0.29, 0.717) is 22.8 Å². The minimum absolute atomic E-state index is 0.120. The number of hydrazone groups is 1. The van der Waals surface area contributed by atoms with Crippen molar-refractivity contribution in [2.24, 2.45) is 5.10 Å². The molecule has 1 N–H and O–H groups in total. The van der Waals surface area contributed by atoms with E-state index in [1.807, 2.05) is 0 Å². The predicted octanol–water partition coefficient (Wildman–Crippen LogP) is 5.70. The lowest BCUT2D eigenvalue weighted by atomic mass is 9.97. The molecule has 0 aliphatic carbocycles. The first-order chi connectivity index (χ1) is 19.0. The molecule has 12 heteroatoms. The summed E-state index contributed by atoms with van der Waals surface area (Å²) in [5.74, 6) is -0.108. The van der Waals surface area contributed by atoms with E-state index in [1.165, 1.54) is 33.4 Å². The van der Waals surface area contributed by atoms with Gasteiger partial charge in [0.15, 0.2) is 0 Å². The predicted molar refractivity (Wildman–Crippen MR) is 140 cm³/mol. The topological polar surface area (TPSA) is 83.5 Å². The normalized spacial score (nSPS) is 14.9. The highest BCUT2D eigenvalue weighted by atomic mass is 19.4. The largest absolute Gasteiger partial charge is 0.497 e. The maximum Gasteiger partial charge on any atom is 0.416 e. The number of anilines is 1. The van der Waals surface area contributed by atoms with Gasteiger partial charge in [-0.05, 0) is 42.5 Å². The summed E-state index contributed by atoms with van der Waals surface area (Å²) in [6.07, 6.45) is -4.33. The van der Waals surface area contributed by atoms with Crippen LogP contribution in [0.15, 0.2) is 71.8 Å².